The first-order valence-corrected chi connectivity index (χ1v) is 4.92. The number of ketones is 1. The van der Waals surface area contributed by atoms with Crippen LogP contribution in [0.5, 0.6) is 11.5 Å². The van der Waals surface area contributed by atoms with E-state index in [0.717, 1.165) is 19.2 Å². The van der Waals surface area contributed by atoms with Crippen LogP contribution < -0.4 is 15.2 Å². The smallest absolute Gasteiger partial charge is 0.417 e. The predicted molar refractivity (Wildman–Crippen MR) is 57.9 cm³/mol. The van der Waals surface area contributed by atoms with Crippen LogP contribution >= 0.6 is 0 Å². The fraction of sp³-hybridized carbons (Fsp3) is 0.364. The number of carbonyl (C=O) groups excluding carboxylic acids is 1. The van der Waals surface area contributed by atoms with Gasteiger partial charge in [0.1, 0.15) is 0 Å². The van der Waals surface area contributed by atoms with Crippen LogP contribution in [0.25, 0.3) is 0 Å². The summed E-state index contributed by atoms with van der Waals surface area (Å²) >= 11 is 0. The molecule has 7 heteroatoms. The molecule has 0 saturated heterocycles. The molecule has 0 unspecified atom stereocenters. The van der Waals surface area contributed by atoms with Crippen molar-refractivity contribution in [1.29, 1.82) is 0 Å². The highest BCUT2D eigenvalue weighted by molar-refractivity contribution is 6.02. The Morgan fingerprint density at radius 2 is 1.89 bits per heavy atom. The fourth-order valence-corrected chi connectivity index (χ4v) is 1.54. The maximum absolute atomic E-state index is 12.8. The van der Waals surface area contributed by atoms with Crippen molar-refractivity contribution in [2.45, 2.75) is 6.18 Å². The second-order valence-corrected chi connectivity index (χ2v) is 3.35. The summed E-state index contributed by atoms with van der Waals surface area (Å²) in [5.41, 5.74) is 3.43. The molecule has 18 heavy (non-hydrogen) atoms. The van der Waals surface area contributed by atoms with Crippen molar-refractivity contribution >= 4 is 5.78 Å². The van der Waals surface area contributed by atoms with Gasteiger partial charge in [-0.1, -0.05) is 0 Å². The van der Waals surface area contributed by atoms with E-state index in [1.807, 2.05) is 0 Å². The van der Waals surface area contributed by atoms with Gasteiger partial charge < -0.3 is 15.2 Å². The van der Waals surface area contributed by atoms with Crippen molar-refractivity contribution < 1.29 is 27.4 Å². The highest BCUT2D eigenvalue weighted by atomic mass is 19.4. The quantitative estimate of drug-likeness (QED) is 0.842. The van der Waals surface area contributed by atoms with E-state index in [0.29, 0.717) is 0 Å². The zero-order chi connectivity index (χ0) is 13.9. The molecule has 0 heterocycles. The highest BCUT2D eigenvalue weighted by Crippen LogP contribution is 2.40. The molecule has 0 saturated carbocycles. The third-order valence-electron chi connectivity index (χ3n) is 2.32. The Balaban J connectivity index is 3.60. The van der Waals surface area contributed by atoms with E-state index >= 15 is 0 Å². The van der Waals surface area contributed by atoms with E-state index in [2.05, 4.69) is 0 Å². The number of carbonyl (C=O) groups is 1. The van der Waals surface area contributed by atoms with Crippen molar-refractivity contribution in [3.63, 3.8) is 0 Å². The summed E-state index contributed by atoms with van der Waals surface area (Å²) in [4.78, 5) is 11.6. The Morgan fingerprint density at radius 3 is 2.28 bits per heavy atom. The Morgan fingerprint density at radius 1 is 1.28 bits per heavy atom. The van der Waals surface area contributed by atoms with Gasteiger partial charge in [0, 0.05) is 0 Å². The third-order valence-corrected chi connectivity index (χ3v) is 2.32. The van der Waals surface area contributed by atoms with E-state index in [-0.39, 0.29) is 11.5 Å². The predicted octanol–water partition coefficient (Wildman–Crippen LogP) is 1.86. The van der Waals surface area contributed by atoms with Crippen molar-refractivity contribution in [2.75, 3.05) is 20.8 Å². The first-order valence-electron chi connectivity index (χ1n) is 4.92. The van der Waals surface area contributed by atoms with E-state index in [9.17, 15) is 18.0 Å². The van der Waals surface area contributed by atoms with Crippen LogP contribution in [0.15, 0.2) is 12.1 Å². The Labute approximate surface area is 101 Å². The molecule has 1 aromatic carbocycles. The molecule has 100 valence electrons. The van der Waals surface area contributed by atoms with E-state index < -0.39 is 29.6 Å². The zero-order valence-corrected chi connectivity index (χ0v) is 9.80. The lowest BCUT2D eigenvalue weighted by atomic mass is 10.0. The molecule has 0 aliphatic heterocycles. The molecule has 0 amide bonds. The van der Waals surface area contributed by atoms with Gasteiger partial charge in [-0.05, 0) is 12.1 Å². The lowest BCUT2D eigenvalue weighted by Gasteiger charge is -2.17. The normalized spacial score (nSPS) is 11.2. The SMILES string of the molecule is COc1ccc(C(F)(F)F)c(C(=O)CN)c1OC. The van der Waals surface area contributed by atoms with Crippen LogP contribution in [-0.2, 0) is 6.18 Å². The molecule has 0 aliphatic carbocycles. The summed E-state index contributed by atoms with van der Waals surface area (Å²) in [6.45, 7) is -0.549. The molecule has 0 atom stereocenters. The molecule has 0 spiro atoms. The van der Waals surface area contributed by atoms with Crippen molar-refractivity contribution in [2.24, 2.45) is 5.73 Å². The van der Waals surface area contributed by atoms with E-state index in [1.54, 1.807) is 0 Å². The topological polar surface area (TPSA) is 61.5 Å². The zero-order valence-electron chi connectivity index (χ0n) is 9.80. The molecular weight excluding hydrogens is 251 g/mol. The first-order chi connectivity index (χ1) is 8.36. The maximum atomic E-state index is 12.8. The Hall–Kier alpha value is -1.76. The summed E-state index contributed by atoms with van der Waals surface area (Å²) in [5.74, 6) is -1.08. The van der Waals surface area contributed by atoms with Crippen molar-refractivity contribution in [1.82, 2.24) is 0 Å². The molecule has 1 aromatic rings. The first kappa shape index (κ1) is 14.3. The maximum Gasteiger partial charge on any atom is 0.417 e. The average Bonchev–Trinajstić information content (AvgIpc) is 2.34. The fourth-order valence-electron chi connectivity index (χ4n) is 1.54. The summed E-state index contributed by atoms with van der Waals surface area (Å²) < 4.78 is 48.1. The molecule has 0 fully saturated rings. The summed E-state index contributed by atoms with van der Waals surface area (Å²) in [6, 6.07) is 1.86. The number of halogens is 3. The number of Topliss-reactive ketones (excluding diaryl/α,β-unsaturated/α-hetero) is 1. The molecule has 0 bridgehead atoms. The van der Waals surface area contributed by atoms with E-state index in [4.69, 9.17) is 15.2 Å². The minimum Gasteiger partial charge on any atom is -0.493 e. The lowest BCUT2D eigenvalue weighted by molar-refractivity contribution is -0.138. The summed E-state index contributed by atoms with van der Waals surface area (Å²) in [5, 5.41) is 0. The van der Waals surface area contributed by atoms with E-state index in [1.165, 1.54) is 7.11 Å². The van der Waals surface area contributed by atoms with Crippen LogP contribution in [0.3, 0.4) is 0 Å². The van der Waals surface area contributed by atoms with Crippen LogP contribution in [0.1, 0.15) is 15.9 Å². The molecular formula is C11H12F3NO3. The standard InChI is InChI=1S/C11H12F3NO3/c1-17-8-4-3-6(11(12,13)14)9(7(16)5-15)10(8)18-2/h3-4H,5,15H2,1-2H3. The van der Waals surface area contributed by atoms with Gasteiger partial charge in [-0.15, -0.1) is 0 Å². The number of methoxy groups -OCH3 is 2. The minimum atomic E-state index is -4.67. The lowest BCUT2D eigenvalue weighted by Crippen LogP contribution is -2.20. The average molecular weight is 263 g/mol. The van der Waals surface area contributed by atoms with Crippen molar-refractivity contribution in [3.05, 3.63) is 23.3 Å². The Bertz CT molecular complexity index is 458. The number of nitrogens with two attached hydrogens (primary N) is 1. The van der Waals surface area contributed by atoms with Gasteiger partial charge in [-0.2, -0.15) is 13.2 Å². The number of hydrogen-bond acceptors (Lipinski definition) is 4. The largest absolute Gasteiger partial charge is 0.493 e. The molecule has 4 nitrogen and oxygen atoms in total. The molecule has 0 aliphatic rings. The van der Waals surface area contributed by atoms with Gasteiger partial charge in [0.2, 0.25) is 0 Å². The minimum absolute atomic E-state index is 0.0438. The summed E-state index contributed by atoms with van der Waals surface area (Å²) in [7, 11) is 2.42. The van der Waals surface area contributed by atoms with Crippen molar-refractivity contribution in [3.8, 4) is 11.5 Å². The van der Waals surface area contributed by atoms with Gasteiger partial charge in [0.15, 0.2) is 17.3 Å². The van der Waals surface area contributed by atoms with Gasteiger partial charge in [0.05, 0.1) is 31.9 Å². The van der Waals surface area contributed by atoms with Crippen LogP contribution in [0.2, 0.25) is 0 Å². The molecule has 2 N–H and O–H groups in total. The molecule has 0 radical (unpaired) electrons. The van der Waals surface area contributed by atoms with Crippen LogP contribution in [0.4, 0.5) is 13.2 Å². The van der Waals surface area contributed by atoms with Gasteiger partial charge >= 0.3 is 6.18 Å². The number of alkyl halides is 3. The molecule has 0 aromatic heterocycles. The second-order valence-electron chi connectivity index (χ2n) is 3.35. The van der Waals surface area contributed by atoms with Crippen LogP contribution in [-0.4, -0.2) is 26.5 Å². The second kappa shape index (κ2) is 5.26. The Kier molecular flexibility index (Phi) is 4.18. The number of benzene rings is 1. The highest BCUT2D eigenvalue weighted by Gasteiger charge is 2.37. The number of ether oxygens (including phenoxy) is 2. The van der Waals surface area contributed by atoms with Crippen LogP contribution in [0, 0.1) is 0 Å². The number of rotatable bonds is 4. The van der Waals surface area contributed by atoms with Gasteiger partial charge in [-0.3, -0.25) is 4.79 Å². The van der Waals surface area contributed by atoms with Gasteiger partial charge in [-0.25, -0.2) is 0 Å². The number of hydrogen-bond donors (Lipinski definition) is 1. The monoisotopic (exact) mass is 263 g/mol. The van der Waals surface area contributed by atoms with Gasteiger partial charge in [0.25, 0.3) is 0 Å². The third kappa shape index (κ3) is 2.56. The molecule has 1 rings (SSSR count). The summed E-state index contributed by atoms with van der Waals surface area (Å²) in [6.07, 6.45) is -4.67.